The Morgan fingerprint density at radius 2 is 2.25 bits per heavy atom. The Bertz CT molecular complexity index is 321. The number of thioether (sulfide) groups is 1. The standard InChI is InChI=1S/C10H19N5S/c1-8(11-2)10-12-13-14-15(10)7-9-3-5-16-6-4-9/h8-9,11H,3-7H2,1-2H3. The lowest BCUT2D eigenvalue weighted by Crippen LogP contribution is -2.23. The molecular weight excluding hydrogens is 222 g/mol. The topological polar surface area (TPSA) is 55.6 Å². The van der Waals surface area contributed by atoms with Gasteiger partial charge in [-0.05, 0) is 54.7 Å². The van der Waals surface area contributed by atoms with Gasteiger partial charge in [-0.1, -0.05) is 0 Å². The van der Waals surface area contributed by atoms with Gasteiger partial charge in [-0.15, -0.1) is 5.10 Å². The van der Waals surface area contributed by atoms with E-state index < -0.39 is 0 Å². The van der Waals surface area contributed by atoms with E-state index in [4.69, 9.17) is 0 Å². The van der Waals surface area contributed by atoms with Gasteiger partial charge in [0.25, 0.3) is 0 Å². The summed E-state index contributed by atoms with van der Waals surface area (Å²) >= 11 is 2.05. The summed E-state index contributed by atoms with van der Waals surface area (Å²) in [5.74, 6) is 4.25. The van der Waals surface area contributed by atoms with E-state index in [1.165, 1.54) is 24.3 Å². The first-order valence-corrected chi connectivity index (χ1v) is 6.97. The van der Waals surface area contributed by atoms with Crippen molar-refractivity contribution in [1.82, 2.24) is 25.5 Å². The number of aromatic nitrogens is 4. The van der Waals surface area contributed by atoms with Crippen LogP contribution in [-0.2, 0) is 6.54 Å². The van der Waals surface area contributed by atoms with Crippen LogP contribution in [0.25, 0.3) is 0 Å². The summed E-state index contributed by atoms with van der Waals surface area (Å²) in [7, 11) is 1.93. The second kappa shape index (κ2) is 5.63. The van der Waals surface area contributed by atoms with Gasteiger partial charge in [0, 0.05) is 6.54 Å². The van der Waals surface area contributed by atoms with Gasteiger partial charge in [-0.2, -0.15) is 11.8 Å². The monoisotopic (exact) mass is 241 g/mol. The maximum atomic E-state index is 4.09. The van der Waals surface area contributed by atoms with E-state index in [0.29, 0.717) is 0 Å². The highest BCUT2D eigenvalue weighted by Gasteiger charge is 2.18. The van der Waals surface area contributed by atoms with Crippen LogP contribution in [0.1, 0.15) is 31.6 Å². The number of hydrogen-bond donors (Lipinski definition) is 1. The van der Waals surface area contributed by atoms with Crippen molar-refractivity contribution >= 4 is 11.8 Å². The molecule has 5 nitrogen and oxygen atoms in total. The quantitative estimate of drug-likeness (QED) is 0.855. The molecule has 1 unspecified atom stereocenters. The highest BCUT2D eigenvalue weighted by Crippen LogP contribution is 2.24. The molecule has 1 N–H and O–H groups in total. The summed E-state index contributed by atoms with van der Waals surface area (Å²) in [6, 6.07) is 0.216. The molecule has 0 aromatic carbocycles. The second-order valence-corrected chi connectivity index (χ2v) is 5.51. The first-order chi connectivity index (χ1) is 7.81. The van der Waals surface area contributed by atoms with Crippen LogP contribution in [0.4, 0.5) is 0 Å². The molecule has 1 fully saturated rings. The summed E-state index contributed by atoms with van der Waals surface area (Å²) < 4.78 is 1.96. The normalized spacial score (nSPS) is 19.9. The van der Waals surface area contributed by atoms with Crippen LogP contribution in [0.15, 0.2) is 0 Å². The van der Waals surface area contributed by atoms with Crippen LogP contribution >= 0.6 is 11.8 Å². The Labute approximate surface area is 100 Å². The van der Waals surface area contributed by atoms with Gasteiger partial charge in [-0.25, -0.2) is 4.68 Å². The Balaban J connectivity index is 2.00. The molecule has 1 aromatic rings. The zero-order valence-corrected chi connectivity index (χ0v) is 10.7. The van der Waals surface area contributed by atoms with Gasteiger partial charge >= 0.3 is 0 Å². The van der Waals surface area contributed by atoms with Crippen LogP contribution in [0.3, 0.4) is 0 Å². The van der Waals surface area contributed by atoms with Crippen molar-refractivity contribution in [3.63, 3.8) is 0 Å². The predicted octanol–water partition coefficient (Wildman–Crippen LogP) is 1.10. The molecule has 16 heavy (non-hydrogen) atoms. The van der Waals surface area contributed by atoms with Crippen molar-refractivity contribution in [2.24, 2.45) is 5.92 Å². The number of hydrogen-bond acceptors (Lipinski definition) is 5. The van der Waals surface area contributed by atoms with Crippen LogP contribution in [0, 0.1) is 5.92 Å². The lowest BCUT2D eigenvalue weighted by atomic mass is 10.0. The van der Waals surface area contributed by atoms with Crippen LogP contribution in [0.5, 0.6) is 0 Å². The minimum Gasteiger partial charge on any atom is -0.311 e. The van der Waals surface area contributed by atoms with E-state index >= 15 is 0 Å². The van der Waals surface area contributed by atoms with Gasteiger partial charge in [0.1, 0.15) is 0 Å². The third-order valence-corrected chi connectivity index (χ3v) is 4.20. The average Bonchev–Trinajstić information content (AvgIpc) is 2.77. The van der Waals surface area contributed by atoms with E-state index in [1.54, 1.807) is 0 Å². The second-order valence-electron chi connectivity index (χ2n) is 4.29. The Morgan fingerprint density at radius 3 is 2.94 bits per heavy atom. The molecule has 0 spiro atoms. The third-order valence-electron chi connectivity index (χ3n) is 3.15. The molecule has 0 saturated carbocycles. The molecule has 1 aromatic heterocycles. The summed E-state index contributed by atoms with van der Waals surface area (Å²) in [6.45, 7) is 3.05. The fourth-order valence-electron chi connectivity index (χ4n) is 1.95. The van der Waals surface area contributed by atoms with E-state index in [9.17, 15) is 0 Å². The lowest BCUT2D eigenvalue weighted by molar-refractivity contribution is 0.372. The Hall–Kier alpha value is -0.620. The van der Waals surface area contributed by atoms with Crippen molar-refractivity contribution < 1.29 is 0 Å². The number of tetrazole rings is 1. The Kier molecular flexibility index (Phi) is 4.17. The molecule has 2 rings (SSSR count). The number of nitrogens with one attached hydrogen (secondary N) is 1. The molecule has 90 valence electrons. The molecule has 1 saturated heterocycles. The average molecular weight is 241 g/mol. The fourth-order valence-corrected chi connectivity index (χ4v) is 3.16. The maximum absolute atomic E-state index is 4.09. The Morgan fingerprint density at radius 1 is 1.50 bits per heavy atom. The van der Waals surface area contributed by atoms with Gasteiger partial charge in [0.15, 0.2) is 5.82 Å². The summed E-state index contributed by atoms with van der Waals surface area (Å²) in [6.07, 6.45) is 2.58. The summed E-state index contributed by atoms with van der Waals surface area (Å²) in [5, 5.41) is 15.1. The molecule has 6 heteroatoms. The molecule has 2 heterocycles. The van der Waals surface area contributed by atoms with Crippen LogP contribution in [0.2, 0.25) is 0 Å². The zero-order chi connectivity index (χ0) is 11.4. The minimum atomic E-state index is 0.216. The predicted molar refractivity (Wildman–Crippen MR) is 65.3 cm³/mol. The summed E-state index contributed by atoms with van der Waals surface area (Å²) in [5.41, 5.74) is 0. The van der Waals surface area contributed by atoms with Gasteiger partial charge < -0.3 is 5.32 Å². The molecular formula is C10H19N5S. The molecule has 1 atom stereocenters. The highest BCUT2D eigenvalue weighted by molar-refractivity contribution is 7.99. The first-order valence-electron chi connectivity index (χ1n) is 5.82. The van der Waals surface area contributed by atoms with Gasteiger partial charge in [-0.3, -0.25) is 0 Å². The zero-order valence-electron chi connectivity index (χ0n) is 9.89. The van der Waals surface area contributed by atoms with Crippen molar-refractivity contribution in [3.8, 4) is 0 Å². The smallest absolute Gasteiger partial charge is 0.167 e. The molecule has 0 aliphatic carbocycles. The van der Waals surface area contributed by atoms with E-state index in [2.05, 4.69) is 39.5 Å². The SMILES string of the molecule is CNC(C)c1nnnn1CC1CCSCC1. The summed E-state index contributed by atoms with van der Waals surface area (Å²) in [4.78, 5) is 0. The van der Waals surface area contributed by atoms with Gasteiger partial charge in [0.2, 0.25) is 0 Å². The van der Waals surface area contributed by atoms with Crippen molar-refractivity contribution in [3.05, 3.63) is 5.82 Å². The van der Waals surface area contributed by atoms with Crippen molar-refractivity contribution in [1.29, 1.82) is 0 Å². The molecule has 0 bridgehead atoms. The molecule has 1 aliphatic rings. The van der Waals surface area contributed by atoms with E-state index in [0.717, 1.165) is 18.3 Å². The van der Waals surface area contributed by atoms with Crippen LogP contribution < -0.4 is 5.32 Å². The molecule has 1 aliphatic heterocycles. The van der Waals surface area contributed by atoms with Gasteiger partial charge in [0.05, 0.1) is 6.04 Å². The number of rotatable bonds is 4. The van der Waals surface area contributed by atoms with E-state index in [1.807, 2.05) is 11.7 Å². The van der Waals surface area contributed by atoms with Crippen molar-refractivity contribution in [2.45, 2.75) is 32.4 Å². The first kappa shape index (κ1) is 11.9. The minimum absolute atomic E-state index is 0.216. The van der Waals surface area contributed by atoms with E-state index in [-0.39, 0.29) is 6.04 Å². The lowest BCUT2D eigenvalue weighted by Gasteiger charge is -2.21. The van der Waals surface area contributed by atoms with Crippen molar-refractivity contribution in [2.75, 3.05) is 18.6 Å². The third kappa shape index (κ3) is 2.74. The highest BCUT2D eigenvalue weighted by atomic mass is 32.2. The fraction of sp³-hybridized carbons (Fsp3) is 0.900. The maximum Gasteiger partial charge on any atom is 0.167 e. The molecule has 0 radical (unpaired) electrons. The van der Waals surface area contributed by atoms with Crippen LogP contribution in [-0.4, -0.2) is 38.8 Å². The molecule has 0 amide bonds. The number of nitrogens with zero attached hydrogens (tertiary/aromatic N) is 4. The largest absolute Gasteiger partial charge is 0.311 e.